The molecule has 1 fully saturated rings. The maximum atomic E-state index is 12.6. The van der Waals surface area contributed by atoms with Crippen LogP contribution in [0.2, 0.25) is 6.32 Å². The number of unbranched alkanes of at least 4 members (excludes halogenated alkanes) is 1. The van der Waals surface area contributed by atoms with Crippen LogP contribution in [0, 0.1) is 0 Å². The van der Waals surface area contributed by atoms with Gasteiger partial charge in [0.1, 0.15) is 11.9 Å². The summed E-state index contributed by atoms with van der Waals surface area (Å²) in [5.41, 5.74) is -1.73. The average molecular weight is 397 g/mol. The van der Waals surface area contributed by atoms with Crippen LogP contribution in [0.4, 0.5) is 4.79 Å². The van der Waals surface area contributed by atoms with Crippen LogP contribution < -0.4 is 0 Å². The van der Waals surface area contributed by atoms with Gasteiger partial charge in [-0.25, -0.2) is 4.79 Å². The summed E-state index contributed by atoms with van der Waals surface area (Å²) < 4.78 is 17.6. The Morgan fingerprint density at radius 2 is 1.64 bits per heavy atom. The van der Waals surface area contributed by atoms with Gasteiger partial charge in [0.2, 0.25) is 0 Å². The molecule has 0 aliphatic carbocycles. The molecule has 1 aliphatic rings. The maximum Gasteiger partial charge on any atom is 0.457 e. The quantitative estimate of drug-likeness (QED) is 0.316. The molecule has 1 atom stereocenters. The Morgan fingerprint density at radius 1 is 1.11 bits per heavy atom. The number of hydrogen-bond acceptors (Lipinski definition) is 5. The van der Waals surface area contributed by atoms with E-state index in [2.05, 4.69) is 27.7 Å². The zero-order chi connectivity index (χ0) is 21.8. The third-order valence-corrected chi connectivity index (χ3v) is 6.13. The predicted molar refractivity (Wildman–Crippen MR) is 112 cm³/mol. The van der Waals surface area contributed by atoms with E-state index in [-0.39, 0.29) is 24.4 Å². The van der Waals surface area contributed by atoms with Gasteiger partial charge < -0.3 is 23.7 Å². The highest BCUT2D eigenvalue weighted by molar-refractivity contribution is 6.45. The second-order valence-electron chi connectivity index (χ2n) is 9.92. The summed E-state index contributed by atoms with van der Waals surface area (Å²) in [4.78, 5) is 25.5. The van der Waals surface area contributed by atoms with Gasteiger partial charge in [-0.15, -0.1) is 0 Å². The fourth-order valence-corrected chi connectivity index (χ4v) is 3.49. The van der Waals surface area contributed by atoms with Gasteiger partial charge in [-0.3, -0.25) is 0 Å². The van der Waals surface area contributed by atoms with Crippen LogP contribution in [-0.2, 0) is 18.8 Å². The van der Waals surface area contributed by atoms with Crippen LogP contribution >= 0.6 is 0 Å². The Morgan fingerprint density at radius 3 is 2.07 bits per heavy atom. The lowest BCUT2D eigenvalue weighted by atomic mass is 9.79. The van der Waals surface area contributed by atoms with Gasteiger partial charge in [-0.05, 0) is 67.6 Å². The number of carbonyl (C=O) groups is 2. The Balaban J connectivity index is 2.67. The zero-order valence-corrected chi connectivity index (χ0v) is 19.4. The van der Waals surface area contributed by atoms with Crippen LogP contribution in [0.15, 0.2) is 0 Å². The normalized spacial score (nSPS) is 20.5. The van der Waals surface area contributed by atoms with Gasteiger partial charge in [-0.1, -0.05) is 19.8 Å². The molecule has 1 amide bonds. The lowest BCUT2D eigenvalue weighted by Gasteiger charge is -2.41. The van der Waals surface area contributed by atoms with Crippen LogP contribution in [0.1, 0.15) is 87.5 Å². The van der Waals surface area contributed by atoms with Crippen molar-refractivity contribution in [3.8, 4) is 0 Å². The van der Waals surface area contributed by atoms with Gasteiger partial charge in [0.05, 0.1) is 16.7 Å². The van der Waals surface area contributed by atoms with E-state index in [1.54, 1.807) is 11.9 Å². The molecule has 1 heterocycles. The summed E-state index contributed by atoms with van der Waals surface area (Å²) in [5, 5.41) is 0. The third kappa shape index (κ3) is 6.21. The molecule has 0 radical (unpaired) electrons. The molecule has 1 unspecified atom stereocenters. The smallest absolute Gasteiger partial charge is 0.444 e. The summed E-state index contributed by atoms with van der Waals surface area (Å²) >= 11 is 0. The number of amides is 1. The van der Waals surface area contributed by atoms with E-state index in [0.717, 1.165) is 31.9 Å². The van der Waals surface area contributed by atoms with Crippen LogP contribution in [0.5, 0.6) is 0 Å². The molecule has 6 nitrogen and oxygen atoms in total. The van der Waals surface area contributed by atoms with Gasteiger partial charge in [-0.2, -0.15) is 0 Å². The Bertz CT molecular complexity index is 527. The first kappa shape index (κ1) is 25.0. The molecule has 162 valence electrons. The highest BCUT2D eigenvalue weighted by Gasteiger charge is 2.50. The second kappa shape index (κ2) is 9.16. The fourth-order valence-electron chi connectivity index (χ4n) is 3.49. The van der Waals surface area contributed by atoms with Gasteiger partial charge in [0, 0.05) is 13.5 Å². The first-order valence-electron chi connectivity index (χ1n) is 10.5. The SMILES string of the molecule is CCC(CC=O)(CCCCB1OC(C)(C)C(C)(C)O1)N(C)C(=O)OC(C)(C)C. The molecular formula is C21H40BNO5. The van der Waals surface area contributed by atoms with Crippen molar-refractivity contribution in [1.29, 1.82) is 0 Å². The van der Waals surface area contributed by atoms with Crippen molar-refractivity contribution >= 4 is 19.5 Å². The van der Waals surface area contributed by atoms with Crippen molar-refractivity contribution in [1.82, 2.24) is 4.90 Å². The molecule has 1 rings (SSSR count). The van der Waals surface area contributed by atoms with Crippen molar-refractivity contribution < 1.29 is 23.6 Å². The Labute approximate surface area is 171 Å². The molecule has 1 saturated heterocycles. The monoisotopic (exact) mass is 397 g/mol. The fraction of sp³-hybridized carbons (Fsp3) is 0.905. The maximum absolute atomic E-state index is 12.6. The molecule has 0 aromatic carbocycles. The van der Waals surface area contributed by atoms with E-state index in [4.69, 9.17) is 14.0 Å². The summed E-state index contributed by atoms with van der Waals surface area (Å²) in [6.45, 7) is 15.7. The van der Waals surface area contributed by atoms with Crippen LogP contribution in [-0.4, -0.2) is 53.8 Å². The summed E-state index contributed by atoms with van der Waals surface area (Å²) in [7, 11) is 1.52. The minimum absolute atomic E-state index is 0.212. The van der Waals surface area contributed by atoms with E-state index in [1.807, 2.05) is 27.7 Å². The molecule has 0 spiro atoms. The Hall–Kier alpha value is -1.08. The van der Waals surface area contributed by atoms with E-state index in [0.29, 0.717) is 12.8 Å². The lowest BCUT2D eigenvalue weighted by molar-refractivity contribution is -0.110. The molecule has 0 N–H and O–H groups in total. The van der Waals surface area contributed by atoms with Gasteiger partial charge >= 0.3 is 13.2 Å². The summed E-state index contributed by atoms with van der Waals surface area (Å²) in [6, 6.07) is 0. The number of aldehydes is 1. The molecular weight excluding hydrogens is 357 g/mol. The molecule has 7 heteroatoms. The highest BCUT2D eigenvalue weighted by atomic mass is 16.7. The average Bonchev–Trinajstić information content (AvgIpc) is 2.75. The van der Waals surface area contributed by atoms with Crippen molar-refractivity contribution in [2.24, 2.45) is 0 Å². The molecule has 1 aliphatic heterocycles. The standard InChI is InChI=1S/C21H40BNO5/c1-10-21(14-16-24,23(9)17(25)26-18(2,3)4)13-11-12-15-22-27-19(5,6)20(7,8)28-22/h16H,10-15H2,1-9H3. The van der Waals surface area contributed by atoms with E-state index in [1.165, 1.54) is 0 Å². The number of carbonyl (C=O) groups excluding carboxylic acids is 2. The van der Waals surface area contributed by atoms with Crippen LogP contribution in [0.25, 0.3) is 0 Å². The minimum Gasteiger partial charge on any atom is -0.444 e. The van der Waals surface area contributed by atoms with E-state index < -0.39 is 11.1 Å². The Kier molecular flexibility index (Phi) is 8.17. The molecule has 0 bridgehead atoms. The summed E-state index contributed by atoms with van der Waals surface area (Å²) in [6.07, 6.45) is 4.81. The van der Waals surface area contributed by atoms with Gasteiger partial charge in [0.25, 0.3) is 0 Å². The van der Waals surface area contributed by atoms with Crippen LogP contribution in [0.3, 0.4) is 0 Å². The molecule has 0 aromatic heterocycles. The molecule has 28 heavy (non-hydrogen) atoms. The first-order valence-corrected chi connectivity index (χ1v) is 10.5. The molecule has 0 aromatic rings. The van der Waals surface area contributed by atoms with Crippen molar-refractivity contribution in [3.63, 3.8) is 0 Å². The van der Waals surface area contributed by atoms with Gasteiger partial charge in [0.15, 0.2) is 0 Å². The second-order valence-corrected chi connectivity index (χ2v) is 9.92. The lowest BCUT2D eigenvalue weighted by Crippen LogP contribution is -2.51. The highest BCUT2D eigenvalue weighted by Crippen LogP contribution is 2.38. The van der Waals surface area contributed by atoms with E-state index in [9.17, 15) is 9.59 Å². The van der Waals surface area contributed by atoms with Crippen molar-refractivity contribution in [2.75, 3.05) is 7.05 Å². The third-order valence-electron chi connectivity index (χ3n) is 6.13. The predicted octanol–water partition coefficient (Wildman–Crippen LogP) is 4.85. The number of hydrogen-bond donors (Lipinski definition) is 0. The largest absolute Gasteiger partial charge is 0.457 e. The number of rotatable bonds is 9. The molecule has 0 saturated carbocycles. The minimum atomic E-state index is -0.567. The topological polar surface area (TPSA) is 65.1 Å². The van der Waals surface area contributed by atoms with Crippen molar-refractivity contribution in [2.45, 2.75) is 116 Å². The van der Waals surface area contributed by atoms with E-state index >= 15 is 0 Å². The van der Waals surface area contributed by atoms with Crippen molar-refractivity contribution in [3.05, 3.63) is 0 Å². The summed E-state index contributed by atoms with van der Waals surface area (Å²) in [5.74, 6) is 0. The number of nitrogens with zero attached hydrogens (tertiary/aromatic N) is 1. The number of ether oxygens (including phenoxy) is 1. The first-order chi connectivity index (χ1) is 12.7. The zero-order valence-electron chi connectivity index (χ0n) is 19.4.